The topological polar surface area (TPSA) is 78.9 Å². The summed E-state index contributed by atoms with van der Waals surface area (Å²) < 4.78 is 15.5. The summed E-state index contributed by atoms with van der Waals surface area (Å²) in [5.74, 6) is 0.121. The van der Waals surface area contributed by atoms with Crippen molar-refractivity contribution < 1.29 is 28.6 Å². The highest BCUT2D eigenvalue weighted by Gasteiger charge is 2.27. The van der Waals surface area contributed by atoms with E-state index in [1.165, 1.54) is 19.9 Å². The Balaban J connectivity index is 1.81. The second kappa shape index (κ2) is 6.60. The van der Waals surface area contributed by atoms with Crippen molar-refractivity contribution in [2.24, 2.45) is 0 Å². The number of carbonyl (C=O) groups excluding carboxylic acids is 3. The van der Waals surface area contributed by atoms with Gasteiger partial charge in [0, 0.05) is 19.9 Å². The van der Waals surface area contributed by atoms with Crippen molar-refractivity contribution in [3.05, 3.63) is 59.4 Å². The zero-order valence-electron chi connectivity index (χ0n) is 13.6. The van der Waals surface area contributed by atoms with Crippen LogP contribution in [0.5, 0.6) is 17.2 Å². The van der Waals surface area contributed by atoms with Crippen molar-refractivity contribution in [3.63, 3.8) is 0 Å². The minimum absolute atomic E-state index is 0.162. The molecule has 0 amide bonds. The maximum atomic E-state index is 12.4. The molecule has 25 heavy (non-hydrogen) atoms. The van der Waals surface area contributed by atoms with Crippen LogP contribution in [0, 0.1) is 0 Å². The number of Topliss-reactive ketones (excluding diaryl/α,β-unsaturated/α-hetero) is 1. The van der Waals surface area contributed by atoms with Crippen LogP contribution in [0.4, 0.5) is 0 Å². The van der Waals surface area contributed by atoms with Crippen LogP contribution in [0.2, 0.25) is 0 Å². The minimum Gasteiger partial charge on any atom is -0.452 e. The predicted molar refractivity (Wildman–Crippen MR) is 88.4 cm³/mol. The number of carbonyl (C=O) groups is 3. The average molecular weight is 338 g/mol. The fourth-order valence-electron chi connectivity index (χ4n) is 2.35. The van der Waals surface area contributed by atoms with Gasteiger partial charge < -0.3 is 14.2 Å². The number of esters is 2. The van der Waals surface area contributed by atoms with Crippen LogP contribution >= 0.6 is 0 Å². The van der Waals surface area contributed by atoms with Gasteiger partial charge in [-0.25, -0.2) is 0 Å². The lowest BCUT2D eigenvalue weighted by Crippen LogP contribution is -2.01. The molecule has 0 saturated carbocycles. The Morgan fingerprint density at radius 2 is 1.52 bits per heavy atom. The lowest BCUT2D eigenvalue weighted by Gasteiger charge is -2.03. The zero-order chi connectivity index (χ0) is 18.0. The number of ether oxygens (including phenoxy) is 3. The van der Waals surface area contributed by atoms with E-state index in [1.807, 2.05) is 0 Å². The van der Waals surface area contributed by atoms with Crippen LogP contribution in [-0.2, 0) is 9.59 Å². The summed E-state index contributed by atoms with van der Waals surface area (Å²) in [6, 6.07) is 11.3. The second-order valence-electron chi connectivity index (χ2n) is 5.35. The third-order valence-electron chi connectivity index (χ3n) is 3.34. The summed E-state index contributed by atoms with van der Waals surface area (Å²) in [5, 5.41) is 0. The summed E-state index contributed by atoms with van der Waals surface area (Å²) in [6.45, 7) is 2.62. The summed E-state index contributed by atoms with van der Waals surface area (Å²) in [7, 11) is 0. The molecule has 0 atom stereocenters. The average Bonchev–Trinajstić information content (AvgIpc) is 2.84. The lowest BCUT2D eigenvalue weighted by molar-refractivity contribution is -0.132. The highest BCUT2D eigenvalue weighted by Crippen LogP contribution is 2.35. The highest BCUT2D eigenvalue weighted by atomic mass is 16.5. The molecule has 0 fully saturated rings. The first-order valence-electron chi connectivity index (χ1n) is 7.47. The van der Waals surface area contributed by atoms with Crippen LogP contribution in [0.3, 0.4) is 0 Å². The molecule has 1 aliphatic rings. The van der Waals surface area contributed by atoms with Crippen molar-refractivity contribution >= 4 is 23.8 Å². The van der Waals surface area contributed by atoms with Gasteiger partial charge in [0.15, 0.2) is 5.76 Å². The van der Waals surface area contributed by atoms with Gasteiger partial charge >= 0.3 is 11.9 Å². The van der Waals surface area contributed by atoms with Crippen LogP contribution in [-0.4, -0.2) is 17.7 Å². The Morgan fingerprint density at radius 3 is 2.16 bits per heavy atom. The second-order valence-corrected chi connectivity index (χ2v) is 5.35. The molecule has 0 aromatic heterocycles. The molecular weight excluding hydrogens is 324 g/mol. The first-order valence-corrected chi connectivity index (χ1v) is 7.47. The normalized spacial score (nSPS) is 14.0. The summed E-state index contributed by atoms with van der Waals surface area (Å²) in [6.07, 6.45) is 1.59. The molecule has 0 unspecified atom stereocenters. The Bertz CT molecular complexity index is 893. The van der Waals surface area contributed by atoms with Gasteiger partial charge in [-0.2, -0.15) is 0 Å². The van der Waals surface area contributed by atoms with Gasteiger partial charge in [-0.1, -0.05) is 12.1 Å². The van der Waals surface area contributed by atoms with Crippen molar-refractivity contribution in [1.29, 1.82) is 0 Å². The maximum Gasteiger partial charge on any atom is 0.308 e. The monoisotopic (exact) mass is 338 g/mol. The molecule has 0 spiro atoms. The van der Waals surface area contributed by atoms with Crippen molar-refractivity contribution in [1.82, 2.24) is 0 Å². The third kappa shape index (κ3) is 3.74. The standard InChI is InChI=1S/C19H14O6/c1-11(20)23-14-5-3-13(4-6-14)9-18-19(22)16-8-7-15(24-12(2)21)10-17(16)25-18/h3-10H,1-2H3/b18-9-. The van der Waals surface area contributed by atoms with Gasteiger partial charge in [0.2, 0.25) is 5.78 Å². The van der Waals surface area contributed by atoms with Crippen LogP contribution in [0.25, 0.3) is 6.08 Å². The van der Waals surface area contributed by atoms with Crippen LogP contribution in [0.1, 0.15) is 29.8 Å². The van der Waals surface area contributed by atoms with E-state index >= 15 is 0 Å². The van der Waals surface area contributed by atoms with E-state index in [-0.39, 0.29) is 11.5 Å². The quantitative estimate of drug-likeness (QED) is 0.486. The van der Waals surface area contributed by atoms with E-state index in [9.17, 15) is 14.4 Å². The van der Waals surface area contributed by atoms with Gasteiger partial charge in [0.1, 0.15) is 17.2 Å². The summed E-state index contributed by atoms with van der Waals surface area (Å²) in [4.78, 5) is 34.3. The molecule has 3 rings (SSSR count). The largest absolute Gasteiger partial charge is 0.452 e. The number of hydrogen-bond acceptors (Lipinski definition) is 6. The molecule has 2 aromatic rings. The maximum absolute atomic E-state index is 12.4. The number of ketones is 1. The number of fused-ring (bicyclic) bond motifs is 1. The molecule has 6 heteroatoms. The molecule has 0 N–H and O–H groups in total. The fraction of sp³-hybridized carbons (Fsp3) is 0.105. The number of allylic oxidation sites excluding steroid dienone is 1. The molecule has 126 valence electrons. The number of hydrogen-bond donors (Lipinski definition) is 0. The molecule has 0 radical (unpaired) electrons. The minimum atomic E-state index is -0.451. The van der Waals surface area contributed by atoms with E-state index in [1.54, 1.807) is 42.5 Å². The van der Waals surface area contributed by atoms with Crippen LogP contribution < -0.4 is 14.2 Å². The molecule has 0 saturated heterocycles. The first-order chi connectivity index (χ1) is 11.9. The highest BCUT2D eigenvalue weighted by molar-refractivity contribution is 6.14. The third-order valence-corrected chi connectivity index (χ3v) is 3.34. The molecular formula is C19H14O6. The molecule has 2 aromatic carbocycles. The first kappa shape index (κ1) is 16.4. The molecule has 6 nitrogen and oxygen atoms in total. The summed E-state index contributed by atoms with van der Waals surface area (Å²) in [5.41, 5.74) is 1.12. The van der Waals surface area contributed by atoms with Crippen molar-refractivity contribution in [2.45, 2.75) is 13.8 Å². The van der Waals surface area contributed by atoms with E-state index < -0.39 is 11.9 Å². The fourth-order valence-corrected chi connectivity index (χ4v) is 2.35. The van der Waals surface area contributed by atoms with E-state index in [0.717, 1.165) is 0 Å². The van der Waals surface area contributed by atoms with E-state index in [2.05, 4.69) is 0 Å². The lowest BCUT2D eigenvalue weighted by atomic mass is 10.1. The Morgan fingerprint density at radius 1 is 0.920 bits per heavy atom. The smallest absolute Gasteiger partial charge is 0.308 e. The van der Waals surface area contributed by atoms with Gasteiger partial charge in [0.25, 0.3) is 0 Å². The van der Waals surface area contributed by atoms with E-state index in [4.69, 9.17) is 14.2 Å². The SMILES string of the molecule is CC(=O)Oc1ccc(/C=C2\Oc3cc(OC(C)=O)ccc3C2=O)cc1. The Hall–Kier alpha value is -3.41. The number of rotatable bonds is 3. The van der Waals surface area contributed by atoms with Crippen molar-refractivity contribution in [2.75, 3.05) is 0 Å². The number of benzene rings is 2. The molecule has 1 heterocycles. The van der Waals surface area contributed by atoms with Crippen LogP contribution in [0.15, 0.2) is 48.2 Å². The zero-order valence-corrected chi connectivity index (χ0v) is 13.6. The Labute approximate surface area is 143 Å². The summed E-state index contributed by atoms with van der Waals surface area (Å²) >= 11 is 0. The molecule has 0 bridgehead atoms. The van der Waals surface area contributed by atoms with Gasteiger partial charge in [-0.05, 0) is 35.9 Å². The molecule has 1 aliphatic heterocycles. The predicted octanol–water partition coefficient (Wildman–Crippen LogP) is 3.15. The van der Waals surface area contributed by atoms with Gasteiger partial charge in [-0.15, -0.1) is 0 Å². The van der Waals surface area contributed by atoms with Gasteiger partial charge in [-0.3, -0.25) is 14.4 Å². The Kier molecular flexibility index (Phi) is 4.35. The van der Waals surface area contributed by atoms with E-state index in [0.29, 0.717) is 28.4 Å². The van der Waals surface area contributed by atoms with Gasteiger partial charge in [0.05, 0.1) is 5.56 Å². The van der Waals surface area contributed by atoms with Crippen molar-refractivity contribution in [3.8, 4) is 17.2 Å². The molecule has 0 aliphatic carbocycles.